The predicted molar refractivity (Wildman–Crippen MR) is 98.9 cm³/mol. The molecule has 1 aromatic carbocycles. The molecule has 29 heavy (non-hydrogen) atoms. The zero-order chi connectivity index (χ0) is 21.4. The highest BCUT2D eigenvalue weighted by molar-refractivity contribution is 6.31. The highest BCUT2D eigenvalue weighted by Crippen LogP contribution is 2.36. The maximum absolute atomic E-state index is 12.8. The Morgan fingerprint density at radius 1 is 1.28 bits per heavy atom. The van der Waals surface area contributed by atoms with Gasteiger partial charge in [-0.3, -0.25) is 0 Å². The van der Waals surface area contributed by atoms with Crippen LogP contribution in [0.15, 0.2) is 36.5 Å². The van der Waals surface area contributed by atoms with E-state index in [9.17, 15) is 18.0 Å². The molecule has 0 aliphatic carbocycles. The van der Waals surface area contributed by atoms with Crippen molar-refractivity contribution in [3.05, 3.63) is 52.7 Å². The number of methoxy groups -OCH3 is 1. The summed E-state index contributed by atoms with van der Waals surface area (Å²) in [4.78, 5) is 15.2. The van der Waals surface area contributed by atoms with Crippen LogP contribution < -0.4 is 9.47 Å². The molecule has 0 spiro atoms. The molecule has 0 fully saturated rings. The number of halogens is 4. The number of aromatic nitrogens is 1. The maximum Gasteiger partial charge on any atom is 0.417 e. The molecule has 0 atom stereocenters. The van der Waals surface area contributed by atoms with E-state index in [1.54, 1.807) is 19.1 Å². The molecule has 2 aromatic rings. The van der Waals surface area contributed by atoms with Crippen molar-refractivity contribution < 1.29 is 36.9 Å². The van der Waals surface area contributed by atoms with E-state index in [-0.39, 0.29) is 30.1 Å². The van der Waals surface area contributed by atoms with Crippen LogP contribution in [0, 0.1) is 0 Å². The zero-order valence-electron chi connectivity index (χ0n) is 15.5. The summed E-state index contributed by atoms with van der Waals surface area (Å²) in [7, 11) is 1.44. The molecule has 0 unspecified atom stereocenters. The summed E-state index contributed by atoms with van der Waals surface area (Å²) in [5, 5.41) is -0.330. The van der Waals surface area contributed by atoms with E-state index in [0.29, 0.717) is 23.6 Å². The van der Waals surface area contributed by atoms with Gasteiger partial charge in [0.15, 0.2) is 6.79 Å². The van der Waals surface area contributed by atoms with Crippen molar-refractivity contribution in [3.8, 4) is 17.4 Å². The highest BCUT2D eigenvalue weighted by Gasteiger charge is 2.31. The molecular formula is C19H17ClF3NO5. The van der Waals surface area contributed by atoms with E-state index in [0.717, 1.165) is 0 Å². The Morgan fingerprint density at radius 3 is 2.66 bits per heavy atom. The molecule has 0 radical (unpaired) electrons. The van der Waals surface area contributed by atoms with Crippen molar-refractivity contribution in [2.45, 2.75) is 13.1 Å². The van der Waals surface area contributed by atoms with Gasteiger partial charge in [0.1, 0.15) is 16.5 Å². The van der Waals surface area contributed by atoms with Crippen LogP contribution in [0.25, 0.3) is 6.08 Å². The third-order valence-electron chi connectivity index (χ3n) is 3.36. The van der Waals surface area contributed by atoms with E-state index in [2.05, 4.69) is 4.98 Å². The minimum Gasteiger partial charge on any atom is -0.467 e. The topological polar surface area (TPSA) is 66.9 Å². The van der Waals surface area contributed by atoms with Gasteiger partial charge in [0, 0.05) is 31.0 Å². The number of carbonyl (C=O) groups excluding carboxylic acids is 1. The van der Waals surface area contributed by atoms with Crippen molar-refractivity contribution in [1.82, 2.24) is 4.98 Å². The number of esters is 1. The maximum atomic E-state index is 12.8. The second-order valence-corrected chi connectivity index (χ2v) is 5.85. The van der Waals surface area contributed by atoms with E-state index in [1.807, 2.05) is 0 Å². The molecule has 0 saturated heterocycles. The number of ether oxygens (including phenoxy) is 4. The third kappa shape index (κ3) is 6.65. The quantitative estimate of drug-likeness (QED) is 0.329. The molecule has 0 bridgehead atoms. The first-order valence-electron chi connectivity index (χ1n) is 8.25. The van der Waals surface area contributed by atoms with Crippen molar-refractivity contribution >= 4 is 23.6 Å². The van der Waals surface area contributed by atoms with Gasteiger partial charge in [0.2, 0.25) is 5.88 Å². The van der Waals surface area contributed by atoms with E-state index in [4.69, 9.17) is 30.5 Å². The first-order chi connectivity index (χ1) is 13.7. The predicted octanol–water partition coefficient (Wildman–Crippen LogP) is 5.11. The van der Waals surface area contributed by atoms with Crippen LogP contribution in [0.5, 0.6) is 17.4 Å². The number of nitrogens with zero attached hydrogens (tertiary/aromatic N) is 1. The fourth-order valence-electron chi connectivity index (χ4n) is 2.07. The van der Waals surface area contributed by atoms with Crippen molar-refractivity contribution in [3.63, 3.8) is 0 Å². The molecule has 0 saturated carbocycles. The fourth-order valence-corrected chi connectivity index (χ4v) is 2.27. The second kappa shape index (κ2) is 10.1. The first-order valence-corrected chi connectivity index (χ1v) is 8.63. The average molecular weight is 432 g/mol. The summed E-state index contributed by atoms with van der Waals surface area (Å²) in [5.41, 5.74) is -0.588. The highest BCUT2D eigenvalue weighted by atomic mass is 35.5. The van der Waals surface area contributed by atoms with E-state index >= 15 is 0 Å². The largest absolute Gasteiger partial charge is 0.467 e. The Hall–Kier alpha value is -2.78. The van der Waals surface area contributed by atoms with E-state index in [1.165, 1.54) is 25.3 Å². The van der Waals surface area contributed by atoms with Gasteiger partial charge in [-0.05, 0) is 31.2 Å². The Balaban J connectivity index is 2.36. The molecule has 0 amide bonds. The molecule has 0 aliphatic rings. The van der Waals surface area contributed by atoms with Gasteiger partial charge in [-0.25, -0.2) is 9.78 Å². The average Bonchev–Trinajstić information content (AvgIpc) is 2.66. The SMILES string of the molecule is CCOC(=O)C=Cc1ccc(OCOC)cc1Oc1ncc(C(F)(F)F)cc1Cl. The Bertz CT molecular complexity index is 887. The van der Waals surface area contributed by atoms with Crippen LogP contribution in [0.1, 0.15) is 18.1 Å². The molecule has 1 heterocycles. The molecule has 1 aromatic heterocycles. The minimum absolute atomic E-state index is 0.0310. The number of pyridine rings is 1. The third-order valence-corrected chi connectivity index (χ3v) is 3.63. The number of hydrogen-bond acceptors (Lipinski definition) is 6. The van der Waals surface area contributed by atoms with Crippen LogP contribution >= 0.6 is 11.6 Å². The lowest BCUT2D eigenvalue weighted by molar-refractivity contribution is -0.138. The van der Waals surface area contributed by atoms with Crippen LogP contribution in [-0.4, -0.2) is 31.5 Å². The molecule has 0 aliphatic heterocycles. The van der Waals surface area contributed by atoms with Crippen molar-refractivity contribution in [2.75, 3.05) is 20.5 Å². The molecule has 156 valence electrons. The number of carbonyl (C=O) groups is 1. The lowest BCUT2D eigenvalue weighted by atomic mass is 10.1. The number of rotatable bonds is 8. The normalized spacial score (nSPS) is 11.5. The first kappa shape index (κ1) is 22.5. The summed E-state index contributed by atoms with van der Waals surface area (Å²) >= 11 is 5.90. The Morgan fingerprint density at radius 2 is 2.03 bits per heavy atom. The van der Waals surface area contributed by atoms with Crippen LogP contribution in [0.2, 0.25) is 5.02 Å². The minimum atomic E-state index is -4.59. The van der Waals surface area contributed by atoms with Gasteiger partial charge >= 0.3 is 12.1 Å². The van der Waals surface area contributed by atoms with Gasteiger partial charge in [-0.15, -0.1) is 0 Å². The fraction of sp³-hybridized carbons (Fsp3) is 0.263. The Labute approximate surface area is 169 Å². The summed E-state index contributed by atoms with van der Waals surface area (Å²) in [5.74, 6) is -0.301. The number of hydrogen-bond donors (Lipinski definition) is 0. The summed E-state index contributed by atoms with van der Waals surface area (Å²) in [6.07, 6.45) is -1.37. The zero-order valence-corrected chi connectivity index (χ0v) is 16.2. The second-order valence-electron chi connectivity index (χ2n) is 5.45. The summed E-state index contributed by atoms with van der Waals surface area (Å²) in [6.45, 7) is 1.85. The van der Waals surface area contributed by atoms with Crippen molar-refractivity contribution in [1.29, 1.82) is 0 Å². The molecular weight excluding hydrogens is 415 g/mol. The van der Waals surface area contributed by atoms with Gasteiger partial charge < -0.3 is 18.9 Å². The number of benzene rings is 1. The van der Waals surface area contributed by atoms with Crippen molar-refractivity contribution in [2.24, 2.45) is 0 Å². The monoisotopic (exact) mass is 431 g/mol. The van der Waals surface area contributed by atoms with Gasteiger partial charge in [0.05, 0.1) is 12.2 Å². The summed E-state index contributed by atoms with van der Waals surface area (Å²) in [6, 6.07) is 5.34. The lowest BCUT2D eigenvalue weighted by Crippen LogP contribution is -2.06. The summed E-state index contributed by atoms with van der Waals surface area (Å²) < 4.78 is 58.9. The smallest absolute Gasteiger partial charge is 0.417 e. The Kier molecular flexibility index (Phi) is 7.86. The molecule has 10 heteroatoms. The molecule has 0 N–H and O–H groups in total. The number of alkyl halides is 3. The lowest BCUT2D eigenvalue weighted by Gasteiger charge is -2.13. The van der Waals surface area contributed by atoms with E-state index < -0.39 is 17.7 Å². The van der Waals surface area contributed by atoms with Crippen LogP contribution in [0.4, 0.5) is 13.2 Å². The standard InChI is InChI=1S/C19H17ClF3NO5/c1-3-27-17(25)7-5-12-4-6-14(28-11-26-2)9-16(12)29-18-15(20)8-13(10-24-18)19(21,22)23/h4-10H,3,11H2,1-2H3. The van der Waals surface area contributed by atoms with Gasteiger partial charge in [-0.1, -0.05) is 11.6 Å². The van der Waals surface area contributed by atoms with Gasteiger partial charge in [0.25, 0.3) is 0 Å². The van der Waals surface area contributed by atoms with Crippen LogP contribution in [0.3, 0.4) is 0 Å². The van der Waals surface area contributed by atoms with Gasteiger partial charge in [-0.2, -0.15) is 13.2 Å². The molecule has 6 nitrogen and oxygen atoms in total. The van der Waals surface area contributed by atoms with Crippen LogP contribution in [-0.2, 0) is 20.4 Å². The molecule has 2 rings (SSSR count).